The number of nitrogens with zero attached hydrogens (tertiary/aromatic N) is 5. The molecule has 1 fully saturated rings. The number of likely N-dealkylation sites (tertiary alicyclic amines) is 1. The van der Waals surface area contributed by atoms with Crippen LogP contribution in [0.2, 0.25) is 10.0 Å². The first-order valence-electron chi connectivity index (χ1n) is 8.47. The van der Waals surface area contributed by atoms with Crippen LogP contribution in [0.4, 0.5) is 0 Å². The van der Waals surface area contributed by atoms with E-state index in [9.17, 15) is 4.79 Å². The molecule has 6 nitrogen and oxygen atoms in total. The zero-order chi connectivity index (χ0) is 18.3. The quantitative estimate of drug-likeness (QED) is 0.664. The molecule has 1 aliphatic heterocycles. The van der Waals surface area contributed by atoms with Gasteiger partial charge in [-0.3, -0.25) is 14.3 Å². The van der Waals surface area contributed by atoms with E-state index in [1.807, 2.05) is 4.90 Å². The molecule has 0 radical (unpaired) electrons. The van der Waals surface area contributed by atoms with Crippen LogP contribution in [-0.2, 0) is 0 Å². The highest BCUT2D eigenvalue weighted by atomic mass is 35.5. The van der Waals surface area contributed by atoms with E-state index in [-0.39, 0.29) is 5.91 Å². The third-order valence-corrected chi connectivity index (χ3v) is 5.48. The lowest BCUT2D eigenvalue weighted by Gasteiger charge is -2.30. The Hall–Kier alpha value is -2.18. The van der Waals surface area contributed by atoms with E-state index in [0.717, 1.165) is 25.9 Å². The molecule has 0 unspecified atom stereocenters. The Morgan fingerprint density at radius 3 is 2.62 bits per heavy atom. The van der Waals surface area contributed by atoms with Crippen LogP contribution in [0.25, 0.3) is 16.9 Å². The van der Waals surface area contributed by atoms with E-state index in [1.54, 1.807) is 29.4 Å². The van der Waals surface area contributed by atoms with Crippen LogP contribution >= 0.6 is 23.2 Å². The molecule has 4 heterocycles. The summed E-state index contributed by atoms with van der Waals surface area (Å²) in [5.41, 5.74) is 0.928. The zero-order valence-electron chi connectivity index (χ0n) is 14.2. The van der Waals surface area contributed by atoms with Gasteiger partial charge in [0.25, 0.3) is 5.91 Å². The fraction of sp³-hybridized carbons (Fsp3) is 0.333. The molecule has 1 aliphatic rings. The highest BCUT2D eigenvalue weighted by molar-refractivity contribution is 6.43. The molecular formula is C18H17Cl2N5O. The fourth-order valence-corrected chi connectivity index (χ4v) is 3.88. The summed E-state index contributed by atoms with van der Waals surface area (Å²) in [7, 11) is 0. The van der Waals surface area contributed by atoms with Crippen LogP contribution in [0.1, 0.15) is 30.1 Å². The van der Waals surface area contributed by atoms with Crippen molar-refractivity contribution in [1.29, 1.82) is 0 Å². The highest BCUT2D eigenvalue weighted by Gasteiger charge is 2.26. The number of carbonyl (C=O) groups excluding carboxylic acids is 1. The van der Waals surface area contributed by atoms with E-state index >= 15 is 0 Å². The monoisotopic (exact) mass is 389 g/mol. The Labute approximate surface area is 160 Å². The predicted octanol–water partition coefficient (Wildman–Crippen LogP) is 3.99. The standard InChI is InChI=1S/C18H17Cl2N5O/c1-11-2-6-24(7-3-11)18(26)12-8-23-17-15(16(12)20)13(19)10-25(17)14-9-21-4-5-22-14/h4-5,8-11H,2-3,6-7H2,1H3. The smallest absolute Gasteiger partial charge is 0.256 e. The number of halogens is 2. The average Bonchev–Trinajstić information content (AvgIpc) is 3.00. The van der Waals surface area contributed by atoms with Crippen molar-refractivity contribution in [2.24, 2.45) is 5.92 Å². The van der Waals surface area contributed by atoms with Crippen molar-refractivity contribution >= 4 is 40.1 Å². The van der Waals surface area contributed by atoms with E-state index < -0.39 is 0 Å². The lowest BCUT2D eigenvalue weighted by Crippen LogP contribution is -2.38. The van der Waals surface area contributed by atoms with Gasteiger partial charge in [0, 0.05) is 37.9 Å². The number of pyridine rings is 1. The van der Waals surface area contributed by atoms with Gasteiger partial charge in [-0.15, -0.1) is 0 Å². The number of piperidine rings is 1. The summed E-state index contributed by atoms with van der Waals surface area (Å²) < 4.78 is 1.72. The third kappa shape index (κ3) is 2.93. The predicted molar refractivity (Wildman–Crippen MR) is 101 cm³/mol. The number of amides is 1. The first-order valence-corrected chi connectivity index (χ1v) is 9.22. The second kappa shape index (κ2) is 6.85. The number of hydrogen-bond donors (Lipinski definition) is 0. The maximum Gasteiger partial charge on any atom is 0.256 e. The number of aromatic nitrogens is 4. The van der Waals surface area contributed by atoms with Crippen molar-refractivity contribution < 1.29 is 4.79 Å². The zero-order valence-corrected chi connectivity index (χ0v) is 15.7. The number of rotatable bonds is 2. The van der Waals surface area contributed by atoms with Crippen LogP contribution in [0, 0.1) is 5.92 Å². The van der Waals surface area contributed by atoms with Gasteiger partial charge in [-0.05, 0) is 18.8 Å². The van der Waals surface area contributed by atoms with Crippen LogP contribution in [0.15, 0.2) is 31.0 Å². The van der Waals surface area contributed by atoms with Gasteiger partial charge in [0.1, 0.15) is 5.65 Å². The minimum Gasteiger partial charge on any atom is -0.339 e. The molecule has 4 rings (SSSR count). The highest BCUT2D eigenvalue weighted by Crippen LogP contribution is 2.35. The molecule has 3 aromatic heterocycles. The maximum absolute atomic E-state index is 12.9. The van der Waals surface area contributed by atoms with Gasteiger partial charge in [-0.2, -0.15) is 0 Å². The van der Waals surface area contributed by atoms with E-state index in [0.29, 0.717) is 38.4 Å². The largest absolute Gasteiger partial charge is 0.339 e. The Morgan fingerprint density at radius 2 is 1.92 bits per heavy atom. The molecule has 26 heavy (non-hydrogen) atoms. The van der Waals surface area contributed by atoms with Crippen molar-refractivity contribution in [2.75, 3.05) is 13.1 Å². The van der Waals surface area contributed by atoms with Crippen molar-refractivity contribution in [3.63, 3.8) is 0 Å². The van der Waals surface area contributed by atoms with Gasteiger partial charge in [0.15, 0.2) is 5.82 Å². The van der Waals surface area contributed by atoms with Crippen LogP contribution in [0.5, 0.6) is 0 Å². The lowest BCUT2D eigenvalue weighted by atomic mass is 9.99. The summed E-state index contributed by atoms with van der Waals surface area (Å²) in [5.74, 6) is 1.13. The van der Waals surface area contributed by atoms with Crippen LogP contribution < -0.4 is 0 Å². The number of carbonyl (C=O) groups is 1. The molecule has 8 heteroatoms. The molecule has 0 spiro atoms. The molecule has 134 valence electrons. The molecule has 0 saturated carbocycles. The topological polar surface area (TPSA) is 63.9 Å². The molecule has 0 aromatic carbocycles. The first-order chi connectivity index (χ1) is 12.6. The normalized spacial score (nSPS) is 15.6. The Morgan fingerprint density at radius 1 is 1.15 bits per heavy atom. The number of hydrogen-bond acceptors (Lipinski definition) is 4. The first kappa shape index (κ1) is 17.2. The fourth-order valence-electron chi connectivity index (χ4n) is 3.23. The van der Waals surface area contributed by atoms with Gasteiger partial charge in [0.2, 0.25) is 0 Å². The molecule has 1 saturated heterocycles. The van der Waals surface area contributed by atoms with Gasteiger partial charge in [-0.1, -0.05) is 30.1 Å². The summed E-state index contributed by atoms with van der Waals surface area (Å²) in [6.45, 7) is 3.68. The summed E-state index contributed by atoms with van der Waals surface area (Å²) in [6.07, 6.45) is 10.0. The molecular weight excluding hydrogens is 373 g/mol. The second-order valence-electron chi connectivity index (χ2n) is 6.57. The molecule has 1 amide bonds. The van der Waals surface area contributed by atoms with Gasteiger partial charge in [-0.25, -0.2) is 9.97 Å². The van der Waals surface area contributed by atoms with Crippen molar-refractivity contribution in [3.8, 4) is 5.82 Å². The average molecular weight is 390 g/mol. The summed E-state index contributed by atoms with van der Waals surface area (Å²) in [5, 5.41) is 1.30. The van der Waals surface area contributed by atoms with E-state index in [1.165, 1.54) is 6.20 Å². The molecule has 0 atom stereocenters. The third-order valence-electron chi connectivity index (χ3n) is 4.80. The van der Waals surface area contributed by atoms with Crippen molar-refractivity contribution in [3.05, 3.63) is 46.6 Å². The summed E-state index contributed by atoms with van der Waals surface area (Å²) in [4.78, 5) is 27.5. The summed E-state index contributed by atoms with van der Waals surface area (Å²) >= 11 is 13.0. The molecule has 0 aliphatic carbocycles. The Kier molecular flexibility index (Phi) is 4.54. The molecule has 0 N–H and O–H groups in total. The lowest BCUT2D eigenvalue weighted by molar-refractivity contribution is 0.0697. The Balaban J connectivity index is 1.76. The van der Waals surface area contributed by atoms with Crippen LogP contribution in [0.3, 0.4) is 0 Å². The van der Waals surface area contributed by atoms with Gasteiger partial charge < -0.3 is 4.90 Å². The SMILES string of the molecule is CC1CCN(C(=O)c2cnc3c(c(Cl)cn3-c3cnccn3)c2Cl)CC1. The number of fused-ring (bicyclic) bond motifs is 1. The van der Waals surface area contributed by atoms with E-state index in [4.69, 9.17) is 23.2 Å². The van der Waals surface area contributed by atoms with Gasteiger partial charge in [0.05, 0.1) is 27.2 Å². The van der Waals surface area contributed by atoms with Crippen LogP contribution in [-0.4, -0.2) is 43.4 Å². The Bertz CT molecular complexity index is 965. The minimum atomic E-state index is -0.0976. The second-order valence-corrected chi connectivity index (χ2v) is 7.36. The van der Waals surface area contributed by atoms with Crippen molar-refractivity contribution in [2.45, 2.75) is 19.8 Å². The van der Waals surface area contributed by atoms with Crippen molar-refractivity contribution in [1.82, 2.24) is 24.4 Å². The minimum absolute atomic E-state index is 0.0976. The van der Waals surface area contributed by atoms with Gasteiger partial charge >= 0.3 is 0 Å². The molecule has 3 aromatic rings. The molecule has 0 bridgehead atoms. The summed E-state index contributed by atoms with van der Waals surface area (Å²) in [6, 6.07) is 0. The van der Waals surface area contributed by atoms with E-state index in [2.05, 4.69) is 21.9 Å². The maximum atomic E-state index is 12.9.